The predicted molar refractivity (Wildman–Crippen MR) is 76.5 cm³/mol. The number of ether oxygens (including phenoxy) is 1. The van der Waals surface area contributed by atoms with Crippen LogP contribution in [-0.2, 0) is 16.6 Å². The number of carboxylic acids is 1. The first-order valence-electron chi connectivity index (χ1n) is 5.95. The van der Waals surface area contributed by atoms with Crippen LogP contribution in [0.1, 0.15) is 15.9 Å². The molecule has 0 heterocycles. The zero-order valence-corrected chi connectivity index (χ0v) is 11.7. The number of rotatable bonds is 5. The number of carboxylic acid groups (broad SMARTS) is 1. The Morgan fingerprint density at radius 1 is 1.15 bits per heavy atom. The van der Waals surface area contributed by atoms with Crippen molar-refractivity contribution in [2.75, 3.05) is 7.11 Å². The molecular weight excluding hydrogens is 276 g/mol. The summed E-state index contributed by atoms with van der Waals surface area (Å²) in [4.78, 5) is 11.5. The molecule has 0 spiro atoms. The van der Waals surface area contributed by atoms with Crippen molar-refractivity contribution < 1.29 is 18.8 Å². The van der Waals surface area contributed by atoms with Gasteiger partial charge in [-0.25, -0.2) is 4.79 Å². The lowest BCUT2D eigenvalue weighted by molar-refractivity contribution is 0.0693. The van der Waals surface area contributed by atoms with Gasteiger partial charge in [-0.05, 0) is 29.8 Å². The molecule has 1 unspecified atom stereocenters. The average molecular weight is 290 g/mol. The molecule has 20 heavy (non-hydrogen) atoms. The quantitative estimate of drug-likeness (QED) is 0.919. The van der Waals surface area contributed by atoms with Gasteiger partial charge in [0.15, 0.2) is 0 Å². The lowest BCUT2D eigenvalue weighted by Gasteiger charge is -2.07. The molecule has 0 radical (unpaired) electrons. The van der Waals surface area contributed by atoms with Crippen LogP contribution in [0.4, 0.5) is 0 Å². The molecule has 0 aliphatic rings. The Morgan fingerprint density at radius 3 is 2.40 bits per heavy atom. The molecule has 0 fully saturated rings. The monoisotopic (exact) mass is 290 g/mol. The Balaban J connectivity index is 2.21. The molecule has 0 aromatic heterocycles. The first-order valence-corrected chi connectivity index (χ1v) is 7.27. The van der Waals surface area contributed by atoms with Gasteiger partial charge in [0, 0.05) is 0 Å². The fourth-order valence-corrected chi connectivity index (χ4v) is 3.07. The number of methoxy groups -OCH3 is 1. The Bertz CT molecular complexity index is 635. The molecular formula is C15H14O4S. The Labute approximate surface area is 119 Å². The highest BCUT2D eigenvalue weighted by molar-refractivity contribution is 7.84. The van der Waals surface area contributed by atoms with Crippen LogP contribution in [0.3, 0.4) is 0 Å². The molecule has 0 bridgehead atoms. The van der Waals surface area contributed by atoms with Crippen molar-refractivity contribution in [3.63, 3.8) is 0 Å². The van der Waals surface area contributed by atoms with Gasteiger partial charge in [-0.15, -0.1) is 0 Å². The van der Waals surface area contributed by atoms with Crippen molar-refractivity contribution in [1.82, 2.24) is 0 Å². The molecule has 0 amide bonds. The summed E-state index contributed by atoms with van der Waals surface area (Å²) in [6.45, 7) is 0. The molecule has 2 rings (SSSR count). The van der Waals surface area contributed by atoms with E-state index in [0.29, 0.717) is 4.90 Å². The number of carbonyl (C=O) groups is 1. The van der Waals surface area contributed by atoms with Gasteiger partial charge in [-0.1, -0.05) is 24.3 Å². The van der Waals surface area contributed by atoms with E-state index in [2.05, 4.69) is 0 Å². The van der Waals surface area contributed by atoms with Crippen LogP contribution < -0.4 is 4.74 Å². The first-order chi connectivity index (χ1) is 9.61. The third-order valence-corrected chi connectivity index (χ3v) is 4.26. The summed E-state index contributed by atoms with van der Waals surface area (Å²) in [5, 5.41) is 9.10. The summed E-state index contributed by atoms with van der Waals surface area (Å²) in [5.74, 6) is -0.0666. The second-order valence-electron chi connectivity index (χ2n) is 4.14. The topological polar surface area (TPSA) is 63.6 Å². The smallest absolute Gasteiger partial charge is 0.336 e. The molecule has 1 atom stereocenters. The average Bonchev–Trinajstić information content (AvgIpc) is 2.48. The van der Waals surface area contributed by atoms with E-state index in [-0.39, 0.29) is 11.3 Å². The Kier molecular flexibility index (Phi) is 4.53. The second kappa shape index (κ2) is 6.34. The van der Waals surface area contributed by atoms with Gasteiger partial charge in [0.25, 0.3) is 0 Å². The van der Waals surface area contributed by atoms with Gasteiger partial charge >= 0.3 is 5.97 Å². The Morgan fingerprint density at radius 2 is 1.80 bits per heavy atom. The van der Waals surface area contributed by atoms with Crippen LogP contribution in [0.5, 0.6) is 5.75 Å². The van der Waals surface area contributed by atoms with Crippen molar-refractivity contribution in [3.8, 4) is 5.75 Å². The summed E-state index contributed by atoms with van der Waals surface area (Å²) in [7, 11) is 0.183. The number of hydrogen-bond donors (Lipinski definition) is 1. The van der Waals surface area contributed by atoms with E-state index in [4.69, 9.17) is 9.84 Å². The van der Waals surface area contributed by atoms with Crippen molar-refractivity contribution in [3.05, 3.63) is 59.7 Å². The van der Waals surface area contributed by atoms with Crippen LogP contribution in [-0.4, -0.2) is 22.4 Å². The largest absolute Gasteiger partial charge is 0.497 e. The van der Waals surface area contributed by atoms with Crippen LogP contribution in [0, 0.1) is 0 Å². The maximum Gasteiger partial charge on any atom is 0.336 e. The fraction of sp³-hybridized carbons (Fsp3) is 0.133. The van der Waals surface area contributed by atoms with Crippen LogP contribution in [0.25, 0.3) is 0 Å². The maximum absolute atomic E-state index is 12.3. The van der Waals surface area contributed by atoms with E-state index in [0.717, 1.165) is 11.3 Å². The standard InChI is InChI=1S/C15H14O4S/c1-19-12-8-6-11(7-9-12)10-20(18)14-5-3-2-4-13(14)15(16)17/h2-9H,10H2,1H3,(H,16,17). The summed E-state index contributed by atoms with van der Waals surface area (Å²) >= 11 is 0. The SMILES string of the molecule is COc1ccc(CS(=O)c2ccccc2C(=O)O)cc1. The van der Waals surface area contributed by atoms with Gasteiger partial charge in [0.2, 0.25) is 0 Å². The zero-order valence-electron chi connectivity index (χ0n) is 10.9. The molecule has 0 saturated carbocycles. The number of hydrogen-bond acceptors (Lipinski definition) is 3. The second-order valence-corrected chi connectivity index (χ2v) is 5.56. The van der Waals surface area contributed by atoms with Gasteiger partial charge in [-0.3, -0.25) is 4.21 Å². The van der Waals surface area contributed by atoms with Gasteiger partial charge in [-0.2, -0.15) is 0 Å². The molecule has 0 aliphatic heterocycles. The summed E-state index contributed by atoms with van der Waals surface area (Å²) < 4.78 is 17.4. The number of aromatic carboxylic acids is 1. The normalized spacial score (nSPS) is 11.8. The number of benzene rings is 2. The highest BCUT2D eigenvalue weighted by atomic mass is 32.2. The van der Waals surface area contributed by atoms with Gasteiger partial charge in [0.05, 0.1) is 34.1 Å². The minimum atomic E-state index is -1.40. The minimum absolute atomic E-state index is 0.0827. The van der Waals surface area contributed by atoms with Crippen LogP contribution >= 0.6 is 0 Å². The highest BCUT2D eigenvalue weighted by Gasteiger charge is 2.14. The predicted octanol–water partition coefficient (Wildman–Crippen LogP) is 2.70. The molecule has 2 aromatic carbocycles. The van der Waals surface area contributed by atoms with E-state index in [1.807, 2.05) is 12.1 Å². The summed E-state index contributed by atoms with van der Waals surface area (Å²) in [6, 6.07) is 13.6. The van der Waals surface area contributed by atoms with Crippen molar-refractivity contribution >= 4 is 16.8 Å². The van der Waals surface area contributed by atoms with Gasteiger partial charge < -0.3 is 9.84 Å². The van der Waals surface area contributed by atoms with E-state index in [1.54, 1.807) is 37.4 Å². The molecule has 1 N–H and O–H groups in total. The van der Waals surface area contributed by atoms with Crippen molar-refractivity contribution in [2.24, 2.45) is 0 Å². The molecule has 0 saturated heterocycles. The summed E-state index contributed by atoms with van der Waals surface area (Å²) in [5.41, 5.74) is 0.948. The molecule has 104 valence electrons. The maximum atomic E-state index is 12.3. The van der Waals surface area contributed by atoms with E-state index in [1.165, 1.54) is 6.07 Å². The lowest BCUT2D eigenvalue weighted by Crippen LogP contribution is -2.05. The lowest BCUT2D eigenvalue weighted by atomic mass is 10.2. The van der Waals surface area contributed by atoms with Crippen LogP contribution in [0.15, 0.2) is 53.4 Å². The van der Waals surface area contributed by atoms with E-state index in [9.17, 15) is 9.00 Å². The van der Waals surface area contributed by atoms with E-state index >= 15 is 0 Å². The molecule has 0 aliphatic carbocycles. The molecule has 5 heteroatoms. The summed E-state index contributed by atoms with van der Waals surface area (Å²) in [6.07, 6.45) is 0. The third-order valence-electron chi connectivity index (χ3n) is 2.82. The third kappa shape index (κ3) is 3.24. The van der Waals surface area contributed by atoms with E-state index < -0.39 is 16.8 Å². The molecule has 2 aromatic rings. The van der Waals surface area contributed by atoms with Crippen molar-refractivity contribution in [2.45, 2.75) is 10.6 Å². The van der Waals surface area contributed by atoms with Gasteiger partial charge in [0.1, 0.15) is 5.75 Å². The first kappa shape index (κ1) is 14.3. The zero-order chi connectivity index (χ0) is 14.5. The van der Waals surface area contributed by atoms with Crippen LogP contribution in [0.2, 0.25) is 0 Å². The fourth-order valence-electron chi connectivity index (χ4n) is 1.79. The highest BCUT2D eigenvalue weighted by Crippen LogP contribution is 2.19. The molecule has 4 nitrogen and oxygen atoms in total. The minimum Gasteiger partial charge on any atom is -0.497 e. The van der Waals surface area contributed by atoms with Crippen molar-refractivity contribution in [1.29, 1.82) is 0 Å². The Hall–Kier alpha value is -2.14.